The highest BCUT2D eigenvalue weighted by Gasteiger charge is 2.29. The average molecular weight is 529 g/mol. The number of hydrogen-bond donors (Lipinski definition) is 0. The highest BCUT2D eigenvalue weighted by molar-refractivity contribution is 6.18. The number of anilines is 2. The van der Waals surface area contributed by atoms with Crippen molar-refractivity contribution in [3.05, 3.63) is 134 Å². The normalized spacial score (nSPS) is 16.7. The molecule has 0 fully saturated rings. The van der Waals surface area contributed by atoms with Crippen LogP contribution in [0.3, 0.4) is 0 Å². The Hall–Kier alpha value is -5.22. The molecule has 0 saturated carbocycles. The molecule has 41 heavy (non-hydrogen) atoms. The second-order valence-corrected chi connectivity index (χ2v) is 10.8. The largest absolute Gasteiger partial charge is 0.310 e. The average Bonchev–Trinajstić information content (AvgIpc) is 3.35. The van der Waals surface area contributed by atoms with Gasteiger partial charge in [-0.3, -0.25) is 9.88 Å². The summed E-state index contributed by atoms with van der Waals surface area (Å²) in [6.45, 7) is 10.7. The predicted molar refractivity (Wildman–Crippen MR) is 173 cm³/mol. The Morgan fingerprint density at radius 3 is 2.46 bits per heavy atom. The lowest BCUT2D eigenvalue weighted by Gasteiger charge is -2.32. The summed E-state index contributed by atoms with van der Waals surface area (Å²) < 4.78 is 2.39. The number of rotatable bonds is 4. The van der Waals surface area contributed by atoms with Gasteiger partial charge >= 0.3 is 0 Å². The first kappa shape index (κ1) is 23.6. The SMILES string of the molecule is C=CC1=C(C=C)N(c2ccc3c(c2)c2ccccc2n3C2=CCC(C)C=C2)c2nc3ccccc3c3ccnc1c23. The number of benzene rings is 3. The van der Waals surface area contributed by atoms with Gasteiger partial charge in [-0.1, -0.05) is 74.7 Å². The molecule has 1 aliphatic heterocycles. The van der Waals surface area contributed by atoms with E-state index >= 15 is 0 Å². The zero-order valence-corrected chi connectivity index (χ0v) is 22.9. The van der Waals surface area contributed by atoms with E-state index in [-0.39, 0.29) is 0 Å². The minimum absolute atomic E-state index is 0.560. The summed E-state index contributed by atoms with van der Waals surface area (Å²) in [6, 6.07) is 25.8. The molecule has 0 N–H and O–H groups in total. The van der Waals surface area contributed by atoms with Crippen LogP contribution in [0.1, 0.15) is 19.0 Å². The van der Waals surface area contributed by atoms with Crippen LogP contribution in [0.2, 0.25) is 0 Å². The molecule has 6 aromatic rings. The molecule has 0 bridgehead atoms. The molecule has 3 aromatic carbocycles. The Labute approximate surface area is 238 Å². The van der Waals surface area contributed by atoms with Gasteiger partial charge in [-0.25, -0.2) is 4.98 Å². The van der Waals surface area contributed by atoms with E-state index in [1.165, 1.54) is 27.5 Å². The molecule has 1 aliphatic carbocycles. The van der Waals surface area contributed by atoms with E-state index in [4.69, 9.17) is 9.97 Å². The molecule has 2 aliphatic rings. The maximum Gasteiger partial charge on any atom is 0.148 e. The first-order valence-electron chi connectivity index (χ1n) is 14.1. The second kappa shape index (κ2) is 8.90. The Morgan fingerprint density at radius 1 is 0.854 bits per heavy atom. The summed E-state index contributed by atoms with van der Waals surface area (Å²) in [6.07, 6.45) is 13.6. The molecular weight excluding hydrogens is 500 g/mol. The van der Waals surface area contributed by atoms with E-state index in [1.54, 1.807) is 0 Å². The van der Waals surface area contributed by atoms with Gasteiger partial charge in [0.1, 0.15) is 5.82 Å². The minimum atomic E-state index is 0.560. The zero-order valence-electron chi connectivity index (χ0n) is 22.9. The highest BCUT2D eigenvalue weighted by Crippen LogP contribution is 2.47. The van der Waals surface area contributed by atoms with E-state index in [0.717, 1.165) is 56.6 Å². The number of pyridine rings is 2. The van der Waals surface area contributed by atoms with Crippen LogP contribution in [0.15, 0.2) is 128 Å². The van der Waals surface area contributed by atoms with E-state index in [9.17, 15) is 0 Å². The molecule has 8 rings (SSSR count). The van der Waals surface area contributed by atoms with E-state index in [1.807, 2.05) is 24.4 Å². The van der Waals surface area contributed by atoms with Crippen molar-refractivity contribution in [1.29, 1.82) is 0 Å². The number of nitrogens with zero attached hydrogens (tertiary/aromatic N) is 4. The van der Waals surface area contributed by atoms with Gasteiger partial charge < -0.3 is 4.57 Å². The predicted octanol–water partition coefficient (Wildman–Crippen LogP) is 9.56. The van der Waals surface area contributed by atoms with Gasteiger partial charge in [0.2, 0.25) is 0 Å². The van der Waals surface area contributed by atoms with Crippen molar-refractivity contribution < 1.29 is 0 Å². The van der Waals surface area contributed by atoms with Crippen LogP contribution in [0.25, 0.3) is 54.8 Å². The van der Waals surface area contributed by atoms with Crippen LogP contribution in [0, 0.1) is 5.92 Å². The number of aromatic nitrogens is 3. The van der Waals surface area contributed by atoms with Gasteiger partial charge in [0, 0.05) is 39.3 Å². The van der Waals surface area contributed by atoms with Crippen LogP contribution >= 0.6 is 0 Å². The second-order valence-electron chi connectivity index (χ2n) is 10.8. The number of allylic oxidation sites excluding steroid dienone is 7. The third kappa shape index (κ3) is 3.34. The van der Waals surface area contributed by atoms with Gasteiger partial charge in [-0.15, -0.1) is 0 Å². The smallest absolute Gasteiger partial charge is 0.148 e. The third-order valence-electron chi connectivity index (χ3n) is 8.44. The van der Waals surface area contributed by atoms with Crippen LogP contribution in [-0.4, -0.2) is 14.5 Å². The number of para-hydroxylation sites is 2. The summed E-state index contributed by atoms with van der Waals surface area (Å²) >= 11 is 0. The highest BCUT2D eigenvalue weighted by atomic mass is 15.2. The molecule has 196 valence electrons. The molecule has 4 heterocycles. The van der Waals surface area contributed by atoms with Crippen LogP contribution in [-0.2, 0) is 0 Å². The number of hydrogen-bond acceptors (Lipinski definition) is 3. The third-order valence-corrected chi connectivity index (χ3v) is 8.44. The van der Waals surface area contributed by atoms with Gasteiger partial charge in [0.05, 0.1) is 33.3 Å². The maximum atomic E-state index is 5.23. The van der Waals surface area contributed by atoms with Gasteiger partial charge in [0.25, 0.3) is 0 Å². The quantitative estimate of drug-likeness (QED) is 0.214. The van der Waals surface area contributed by atoms with E-state index in [2.05, 4.69) is 115 Å². The summed E-state index contributed by atoms with van der Waals surface area (Å²) in [5.74, 6) is 1.42. The fourth-order valence-corrected chi connectivity index (χ4v) is 6.53. The maximum absolute atomic E-state index is 5.23. The lowest BCUT2D eigenvalue weighted by molar-refractivity contribution is 0.735. The van der Waals surface area contributed by atoms with Crippen molar-refractivity contribution in [2.45, 2.75) is 13.3 Å². The number of fused-ring (bicyclic) bond motifs is 5. The van der Waals surface area contributed by atoms with Crippen molar-refractivity contribution in [2.75, 3.05) is 4.90 Å². The topological polar surface area (TPSA) is 34.0 Å². The lowest BCUT2D eigenvalue weighted by atomic mass is 9.95. The van der Waals surface area contributed by atoms with Crippen LogP contribution in [0.5, 0.6) is 0 Å². The Balaban J connectivity index is 1.44. The van der Waals surface area contributed by atoms with Crippen molar-refractivity contribution in [1.82, 2.24) is 14.5 Å². The van der Waals surface area contributed by atoms with Gasteiger partial charge in [-0.05, 0) is 66.3 Å². The van der Waals surface area contributed by atoms with Crippen molar-refractivity contribution in [3.63, 3.8) is 0 Å². The molecule has 0 radical (unpaired) electrons. The zero-order chi connectivity index (χ0) is 27.7. The van der Waals surface area contributed by atoms with Crippen molar-refractivity contribution in [2.24, 2.45) is 5.92 Å². The molecule has 0 spiro atoms. The Kier molecular flexibility index (Phi) is 5.13. The van der Waals surface area contributed by atoms with Crippen molar-refractivity contribution in [3.8, 4) is 0 Å². The van der Waals surface area contributed by atoms with Gasteiger partial charge in [0.15, 0.2) is 0 Å². The summed E-state index contributed by atoms with van der Waals surface area (Å²) in [7, 11) is 0. The molecule has 4 heteroatoms. The minimum Gasteiger partial charge on any atom is -0.310 e. The first-order valence-corrected chi connectivity index (χ1v) is 14.1. The van der Waals surface area contributed by atoms with Crippen LogP contribution < -0.4 is 4.90 Å². The molecule has 4 nitrogen and oxygen atoms in total. The van der Waals surface area contributed by atoms with Crippen LogP contribution in [0.4, 0.5) is 11.5 Å². The van der Waals surface area contributed by atoms with E-state index in [0.29, 0.717) is 5.92 Å². The standard InChI is InChI=1S/C37H28N4/c1-4-26-32(5-2)41(37-35-29(20-21-38-36(26)35)27-10-6-8-12-31(27)39-37)25-18-19-34-30(22-25)28-11-7-9-13-33(28)40(34)24-16-14-23(3)15-17-24/h4-14,16-23H,1-2,15H2,3H3. The monoisotopic (exact) mass is 528 g/mol. The summed E-state index contributed by atoms with van der Waals surface area (Å²) in [5.41, 5.74) is 8.34. The fourth-order valence-electron chi connectivity index (χ4n) is 6.53. The summed E-state index contributed by atoms with van der Waals surface area (Å²) in [5, 5.41) is 5.69. The fraction of sp³-hybridized carbons (Fsp3) is 0.0811. The molecule has 1 unspecified atom stereocenters. The Morgan fingerprint density at radius 2 is 1.66 bits per heavy atom. The lowest BCUT2D eigenvalue weighted by Crippen LogP contribution is -2.22. The van der Waals surface area contributed by atoms with E-state index < -0.39 is 0 Å². The Bertz CT molecular complexity index is 2190. The first-order chi connectivity index (χ1) is 20.2. The molecule has 0 amide bonds. The van der Waals surface area contributed by atoms with Gasteiger partial charge in [-0.2, -0.15) is 0 Å². The molecular formula is C37H28N4. The molecule has 3 aromatic heterocycles. The molecule has 1 atom stereocenters. The molecule has 0 saturated heterocycles. The van der Waals surface area contributed by atoms with Crippen molar-refractivity contribution >= 4 is 66.3 Å². The summed E-state index contributed by atoms with van der Waals surface area (Å²) in [4.78, 5) is 12.3.